The highest BCUT2D eigenvalue weighted by atomic mass is 79.9. The summed E-state index contributed by atoms with van der Waals surface area (Å²) in [6.07, 6.45) is 4.20. The Balaban J connectivity index is 2.13. The number of aryl methyl sites for hydroxylation is 1. The van der Waals surface area contributed by atoms with Gasteiger partial charge < -0.3 is 4.90 Å². The molecule has 1 atom stereocenters. The van der Waals surface area contributed by atoms with E-state index in [9.17, 15) is 9.18 Å². The van der Waals surface area contributed by atoms with Gasteiger partial charge in [0.1, 0.15) is 5.82 Å². The monoisotopic (exact) mass is 327 g/mol. The van der Waals surface area contributed by atoms with E-state index in [-0.39, 0.29) is 11.7 Å². The van der Waals surface area contributed by atoms with Crippen LogP contribution < -0.4 is 0 Å². The average molecular weight is 328 g/mol. The fraction of sp³-hybridized carbons (Fsp3) is 0.533. The predicted molar refractivity (Wildman–Crippen MR) is 78.2 cm³/mol. The molecule has 1 fully saturated rings. The minimum atomic E-state index is -0.334. The van der Waals surface area contributed by atoms with E-state index in [4.69, 9.17) is 0 Å². The number of likely N-dealkylation sites (tertiary alicyclic amines) is 1. The zero-order valence-electron chi connectivity index (χ0n) is 11.2. The van der Waals surface area contributed by atoms with Crippen LogP contribution in [0.5, 0.6) is 0 Å². The summed E-state index contributed by atoms with van der Waals surface area (Å²) in [6.45, 7) is 2.60. The lowest BCUT2D eigenvalue weighted by atomic mass is 10.1. The molecule has 0 aliphatic carbocycles. The van der Waals surface area contributed by atoms with Crippen LogP contribution in [0, 0.1) is 12.7 Å². The highest BCUT2D eigenvalue weighted by Gasteiger charge is 2.29. The highest BCUT2D eigenvalue weighted by molar-refractivity contribution is 9.09. The zero-order valence-corrected chi connectivity index (χ0v) is 12.7. The van der Waals surface area contributed by atoms with Crippen molar-refractivity contribution in [1.29, 1.82) is 0 Å². The molecule has 0 saturated carbocycles. The van der Waals surface area contributed by atoms with E-state index in [0.717, 1.165) is 43.1 Å². The molecule has 1 saturated heterocycles. The standard InChI is InChI=1S/C15H19BrFNO/c1-11-8-12(10-13(17)9-11)15(19)18-7-3-5-14(18)4-2-6-16/h8-10,14H,2-7H2,1H3. The van der Waals surface area contributed by atoms with E-state index in [1.54, 1.807) is 6.07 Å². The van der Waals surface area contributed by atoms with Crippen molar-refractivity contribution >= 4 is 21.8 Å². The quantitative estimate of drug-likeness (QED) is 0.768. The Kier molecular flexibility index (Phi) is 4.97. The number of hydrogen-bond acceptors (Lipinski definition) is 1. The first-order valence-corrected chi connectivity index (χ1v) is 7.88. The van der Waals surface area contributed by atoms with Gasteiger partial charge in [0.15, 0.2) is 0 Å². The molecule has 1 aromatic rings. The molecule has 0 aromatic heterocycles. The Labute approximate surface area is 122 Å². The maximum absolute atomic E-state index is 13.4. The van der Waals surface area contributed by atoms with Gasteiger partial charge in [-0.3, -0.25) is 4.79 Å². The molecular weight excluding hydrogens is 309 g/mol. The van der Waals surface area contributed by atoms with E-state index >= 15 is 0 Å². The molecule has 0 radical (unpaired) electrons. The summed E-state index contributed by atoms with van der Waals surface area (Å²) in [7, 11) is 0. The second-order valence-electron chi connectivity index (χ2n) is 5.14. The van der Waals surface area contributed by atoms with Crippen molar-refractivity contribution in [1.82, 2.24) is 4.90 Å². The number of carbonyl (C=O) groups is 1. The van der Waals surface area contributed by atoms with Crippen LogP contribution >= 0.6 is 15.9 Å². The molecular formula is C15H19BrFNO. The van der Waals surface area contributed by atoms with Crippen LogP contribution in [0.4, 0.5) is 4.39 Å². The van der Waals surface area contributed by atoms with Gasteiger partial charge in [0.25, 0.3) is 5.91 Å². The van der Waals surface area contributed by atoms with Gasteiger partial charge in [-0.2, -0.15) is 0 Å². The SMILES string of the molecule is Cc1cc(F)cc(C(=O)N2CCCC2CCCBr)c1. The average Bonchev–Trinajstić information content (AvgIpc) is 2.82. The van der Waals surface area contributed by atoms with Crippen molar-refractivity contribution in [2.24, 2.45) is 0 Å². The maximum atomic E-state index is 13.4. The van der Waals surface area contributed by atoms with E-state index in [1.165, 1.54) is 12.1 Å². The van der Waals surface area contributed by atoms with Gasteiger partial charge in [0, 0.05) is 23.5 Å². The number of carbonyl (C=O) groups excluding carboxylic acids is 1. The summed E-state index contributed by atoms with van der Waals surface area (Å²) in [5, 5.41) is 0.963. The topological polar surface area (TPSA) is 20.3 Å². The molecule has 0 spiro atoms. The van der Waals surface area contributed by atoms with Gasteiger partial charge in [0.05, 0.1) is 0 Å². The first kappa shape index (κ1) is 14.5. The smallest absolute Gasteiger partial charge is 0.254 e. The maximum Gasteiger partial charge on any atom is 0.254 e. The van der Waals surface area contributed by atoms with Gasteiger partial charge in [-0.15, -0.1) is 0 Å². The Hall–Kier alpha value is -0.900. The Morgan fingerprint density at radius 3 is 2.95 bits per heavy atom. The molecule has 19 heavy (non-hydrogen) atoms. The molecule has 2 rings (SSSR count). The number of rotatable bonds is 4. The third-order valence-corrected chi connectivity index (χ3v) is 4.16. The largest absolute Gasteiger partial charge is 0.336 e. The Morgan fingerprint density at radius 2 is 2.26 bits per heavy atom. The molecule has 4 heteroatoms. The van der Waals surface area contributed by atoms with Crippen LogP contribution in [0.15, 0.2) is 18.2 Å². The van der Waals surface area contributed by atoms with E-state index in [1.807, 2.05) is 11.8 Å². The first-order chi connectivity index (χ1) is 9.11. The summed E-state index contributed by atoms with van der Waals surface area (Å²) >= 11 is 3.42. The Bertz CT molecular complexity index is 443. The fourth-order valence-corrected chi connectivity index (χ4v) is 3.07. The van der Waals surface area contributed by atoms with Gasteiger partial charge in [-0.25, -0.2) is 4.39 Å². The fourth-order valence-electron chi connectivity index (χ4n) is 2.74. The van der Waals surface area contributed by atoms with E-state index in [2.05, 4.69) is 15.9 Å². The number of halogens is 2. The molecule has 0 bridgehead atoms. The van der Waals surface area contributed by atoms with Crippen LogP contribution in [0.2, 0.25) is 0 Å². The molecule has 1 aliphatic rings. The van der Waals surface area contributed by atoms with Crippen molar-refractivity contribution in [3.05, 3.63) is 35.1 Å². The number of amides is 1. The van der Waals surface area contributed by atoms with Crippen LogP contribution in [0.3, 0.4) is 0 Å². The number of nitrogens with zero attached hydrogens (tertiary/aromatic N) is 1. The van der Waals surface area contributed by atoms with Gasteiger partial charge in [-0.05, 0) is 56.4 Å². The summed E-state index contributed by atoms with van der Waals surface area (Å²) in [5.74, 6) is -0.362. The van der Waals surface area contributed by atoms with Crippen molar-refractivity contribution in [2.75, 3.05) is 11.9 Å². The summed E-state index contributed by atoms with van der Waals surface area (Å²) in [5.41, 5.74) is 1.27. The second kappa shape index (κ2) is 6.51. The van der Waals surface area contributed by atoms with Crippen LogP contribution in [0.1, 0.15) is 41.6 Å². The van der Waals surface area contributed by atoms with Gasteiger partial charge in [0.2, 0.25) is 0 Å². The highest BCUT2D eigenvalue weighted by Crippen LogP contribution is 2.24. The number of benzene rings is 1. The number of hydrogen-bond donors (Lipinski definition) is 0. The first-order valence-electron chi connectivity index (χ1n) is 6.76. The van der Waals surface area contributed by atoms with Crippen LogP contribution in [-0.2, 0) is 0 Å². The van der Waals surface area contributed by atoms with Crippen molar-refractivity contribution in [3.8, 4) is 0 Å². The summed E-state index contributed by atoms with van der Waals surface area (Å²) in [4.78, 5) is 14.4. The minimum absolute atomic E-state index is 0.0281. The molecule has 1 aliphatic heterocycles. The summed E-state index contributed by atoms with van der Waals surface area (Å²) in [6, 6.07) is 4.87. The third-order valence-electron chi connectivity index (χ3n) is 3.60. The van der Waals surface area contributed by atoms with Crippen molar-refractivity contribution in [2.45, 2.75) is 38.6 Å². The molecule has 2 nitrogen and oxygen atoms in total. The molecule has 104 valence electrons. The van der Waals surface area contributed by atoms with Gasteiger partial charge in [-0.1, -0.05) is 15.9 Å². The summed E-state index contributed by atoms with van der Waals surface area (Å²) < 4.78 is 13.4. The van der Waals surface area contributed by atoms with Crippen LogP contribution in [0.25, 0.3) is 0 Å². The lowest BCUT2D eigenvalue weighted by Crippen LogP contribution is -2.35. The normalized spacial score (nSPS) is 18.9. The minimum Gasteiger partial charge on any atom is -0.336 e. The second-order valence-corrected chi connectivity index (χ2v) is 5.94. The van der Waals surface area contributed by atoms with Crippen molar-refractivity contribution < 1.29 is 9.18 Å². The zero-order chi connectivity index (χ0) is 13.8. The van der Waals surface area contributed by atoms with Gasteiger partial charge >= 0.3 is 0 Å². The van der Waals surface area contributed by atoms with Crippen LogP contribution in [-0.4, -0.2) is 28.7 Å². The van der Waals surface area contributed by atoms with E-state index < -0.39 is 0 Å². The molecule has 1 amide bonds. The lowest BCUT2D eigenvalue weighted by molar-refractivity contribution is 0.0729. The Morgan fingerprint density at radius 1 is 1.47 bits per heavy atom. The predicted octanol–water partition coefficient (Wildman–Crippen LogP) is 3.91. The molecule has 1 unspecified atom stereocenters. The third kappa shape index (κ3) is 3.56. The van der Waals surface area contributed by atoms with E-state index in [0.29, 0.717) is 11.6 Å². The molecule has 0 N–H and O–H groups in total. The lowest BCUT2D eigenvalue weighted by Gasteiger charge is -2.24. The molecule has 1 heterocycles. The molecule has 1 aromatic carbocycles. The van der Waals surface area contributed by atoms with Crippen molar-refractivity contribution in [3.63, 3.8) is 0 Å². The number of alkyl halides is 1.